The second-order valence-electron chi connectivity index (χ2n) is 4.15. The molecule has 0 aliphatic heterocycles. The van der Waals surface area contributed by atoms with Crippen LogP contribution in [-0.4, -0.2) is 31.1 Å². The summed E-state index contributed by atoms with van der Waals surface area (Å²) in [6.07, 6.45) is 3.11. The van der Waals surface area contributed by atoms with E-state index >= 15 is 0 Å². The van der Waals surface area contributed by atoms with Gasteiger partial charge >= 0.3 is 6.03 Å². The molecule has 0 saturated carbocycles. The summed E-state index contributed by atoms with van der Waals surface area (Å²) in [7, 11) is 0. The van der Waals surface area contributed by atoms with Crippen molar-refractivity contribution in [2.45, 2.75) is 13.8 Å². The fourth-order valence-corrected chi connectivity index (χ4v) is 1.78. The number of aromatic nitrogens is 3. The van der Waals surface area contributed by atoms with Crippen LogP contribution in [-0.2, 0) is 0 Å². The maximum Gasteiger partial charge on any atom is 0.338 e. The minimum atomic E-state index is -0.557. The largest absolute Gasteiger partial charge is 0.338 e. The van der Waals surface area contributed by atoms with Crippen LogP contribution in [0.15, 0.2) is 30.6 Å². The molecule has 2 aromatic rings. The van der Waals surface area contributed by atoms with E-state index in [0.29, 0.717) is 5.69 Å². The van der Waals surface area contributed by atoms with Gasteiger partial charge in [-0.2, -0.15) is 5.10 Å². The van der Waals surface area contributed by atoms with Gasteiger partial charge in [0, 0.05) is 11.9 Å². The number of amides is 2. The Morgan fingerprint density at radius 2 is 2.25 bits per heavy atom. The Bertz CT molecular complexity index is 639. The van der Waals surface area contributed by atoms with Gasteiger partial charge in [0.15, 0.2) is 0 Å². The lowest BCUT2D eigenvalue weighted by Crippen LogP contribution is -2.37. The molecule has 0 fully saturated rings. The molecular weight excluding hydrogens is 276 g/mol. The third kappa shape index (κ3) is 2.97. The average Bonchev–Trinajstić information content (AvgIpc) is 2.77. The van der Waals surface area contributed by atoms with Crippen LogP contribution < -0.4 is 5.32 Å². The van der Waals surface area contributed by atoms with Crippen LogP contribution in [0.3, 0.4) is 0 Å². The third-order valence-corrected chi connectivity index (χ3v) is 2.89. The van der Waals surface area contributed by atoms with Gasteiger partial charge < -0.3 is 5.32 Å². The highest BCUT2D eigenvalue weighted by Gasteiger charge is 2.18. The van der Waals surface area contributed by atoms with Crippen molar-refractivity contribution in [1.29, 1.82) is 5.41 Å². The van der Waals surface area contributed by atoms with Crippen LogP contribution in [0, 0.1) is 19.3 Å². The van der Waals surface area contributed by atoms with Crippen LogP contribution in [0.5, 0.6) is 0 Å². The molecule has 2 aromatic heterocycles. The zero-order chi connectivity index (χ0) is 14.7. The summed E-state index contributed by atoms with van der Waals surface area (Å²) in [5.74, 6) is -0.152. The number of nitrogens with one attached hydrogen (secondary N) is 2. The van der Waals surface area contributed by atoms with Crippen molar-refractivity contribution < 1.29 is 4.79 Å². The molecule has 2 rings (SSSR count). The molecule has 0 aromatic carbocycles. The number of hydrogen-bond donors (Lipinski definition) is 3. The van der Waals surface area contributed by atoms with E-state index in [1.165, 1.54) is 10.9 Å². The zero-order valence-electron chi connectivity index (χ0n) is 11.0. The van der Waals surface area contributed by atoms with Crippen molar-refractivity contribution in [3.63, 3.8) is 0 Å². The Hall–Kier alpha value is -2.35. The highest BCUT2D eigenvalue weighted by atomic mass is 32.1. The number of rotatable bonds is 1. The molecule has 0 radical (unpaired) electrons. The maximum absolute atomic E-state index is 12.0. The topological polar surface area (TPSA) is 86.9 Å². The standard InChI is InChI=1S/C12H14N6OS/c1-8-6-9(2)17(16-8)11(13)18(20)12(19)15-10-4-3-5-14-7-10/h3-7,13,20H,1-2H3,(H,15,19). The van der Waals surface area contributed by atoms with Gasteiger partial charge in [0.2, 0.25) is 5.96 Å². The van der Waals surface area contributed by atoms with Crippen molar-refractivity contribution in [2.24, 2.45) is 0 Å². The normalized spacial score (nSPS) is 10.2. The zero-order valence-corrected chi connectivity index (χ0v) is 11.9. The molecule has 20 heavy (non-hydrogen) atoms. The number of pyridine rings is 1. The van der Waals surface area contributed by atoms with E-state index < -0.39 is 6.03 Å². The summed E-state index contributed by atoms with van der Waals surface area (Å²) >= 11 is 4.03. The number of anilines is 1. The molecule has 0 saturated heterocycles. The first-order valence-corrected chi connectivity index (χ1v) is 6.21. The Morgan fingerprint density at radius 1 is 1.50 bits per heavy atom. The molecule has 0 spiro atoms. The van der Waals surface area contributed by atoms with Gasteiger partial charge in [-0.25, -0.2) is 13.8 Å². The molecule has 0 aliphatic carbocycles. The molecule has 2 heterocycles. The summed E-state index contributed by atoms with van der Waals surface area (Å²) < 4.78 is 2.22. The monoisotopic (exact) mass is 290 g/mol. The number of hydrogen-bond acceptors (Lipinski definition) is 5. The molecule has 104 valence electrons. The number of aryl methyl sites for hydroxylation is 2. The summed E-state index contributed by atoms with van der Waals surface area (Å²) in [5, 5.41) is 14.7. The van der Waals surface area contributed by atoms with Gasteiger partial charge in [-0.15, -0.1) is 0 Å². The first-order chi connectivity index (χ1) is 9.49. The predicted molar refractivity (Wildman–Crippen MR) is 78.9 cm³/mol. The number of thiol groups is 1. The van der Waals surface area contributed by atoms with Gasteiger partial charge in [-0.3, -0.25) is 10.4 Å². The van der Waals surface area contributed by atoms with Crippen molar-refractivity contribution in [3.05, 3.63) is 42.0 Å². The number of carbonyl (C=O) groups is 1. The van der Waals surface area contributed by atoms with Gasteiger partial charge in [0.25, 0.3) is 0 Å². The number of nitrogens with zero attached hydrogens (tertiary/aromatic N) is 4. The van der Waals surface area contributed by atoms with Crippen molar-refractivity contribution in [3.8, 4) is 0 Å². The van der Waals surface area contributed by atoms with E-state index in [4.69, 9.17) is 5.41 Å². The van der Waals surface area contributed by atoms with Gasteiger partial charge in [0.1, 0.15) is 0 Å². The van der Waals surface area contributed by atoms with Crippen LogP contribution in [0.25, 0.3) is 0 Å². The summed E-state index contributed by atoms with van der Waals surface area (Å²) in [4.78, 5) is 15.9. The first kappa shape index (κ1) is 14.1. The van der Waals surface area contributed by atoms with Crippen molar-refractivity contribution >= 4 is 30.5 Å². The lowest BCUT2D eigenvalue weighted by atomic mass is 10.4. The molecule has 0 atom stereocenters. The minimum absolute atomic E-state index is 0.152. The second-order valence-corrected chi connectivity index (χ2v) is 4.55. The lowest BCUT2D eigenvalue weighted by molar-refractivity contribution is 0.247. The van der Waals surface area contributed by atoms with Gasteiger partial charge in [-0.1, -0.05) is 12.8 Å². The fourth-order valence-electron chi connectivity index (χ4n) is 1.64. The maximum atomic E-state index is 12.0. The summed E-state index contributed by atoms with van der Waals surface area (Å²) in [6.45, 7) is 3.62. The highest BCUT2D eigenvalue weighted by Crippen LogP contribution is 2.09. The van der Waals surface area contributed by atoms with Crippen LogP contribution >= 0.6 is 12.8 Å². The van der Waals surface area contributed by atoms with E-state index in [0.717, 1.165) is 15.7 Å². The SMILES string of the molecule is Cc1cc(C)n(C(=N)N(S)C(=O)Nc2cccnc2)n1. The molecule has 0 bridgehead atoms. The van der Waals surface area contributed by atoms with Gasteiger partial charge in [-0.05, 0) is 32.0 Å². The average molecular weight is 290 g/mol. The molecular formula is C12H14N6OS. The second kappa shape index (κ2) is 5.74. The summed E-state index contributed by atoms with van der Waals surface area (Å²) in [6, 6.07) is 4.65. The molecule has 0 unspecified atom stereocenters. The smallest absolute Gasteiger partial charge is 0.305 e. The lowest BCUT2D eigenvalue weighted by Gasteiger charge is -2.17. The van der Waals surface area contributed by atoms with Crippen LogP contribution in [0.2, 0.25) is 0 Å². The van der Waals surface area contributed by atoms with E-state index in [2.05, 4.69) is 28.2 Å². The molecule has 8 heteroatoms. The van der Waals surface area contributed by atoms with Crippen molar-refractivity contribution in [2.75, 3.05) is 5.32 Å². The van der Waals surface area contributed by atoms with E-state index in [9.17, 15) is 4.79 Å². The quantitative estimate of drug-likeness (QED) is 0.427. The van der Waals surface area contributed by atoms with E-state index in [1.54, 1.807) is 25.3 Å². The first-order valence-electron chi connectivity index (χ1n) is 5.81. The van der Waals surface area contributed by atoms with E-state index in [1.807, 2.05) is 13.0 Å². The molecule has 7 nitrogen and oxygen atoms in total. The van der Waals surface area contributed by atoms with Crippen molar-refractivity contribution in [1.82, 2.24) is 19.1 Å². The molecule has 2 amide bonds. The minimum Gasteiger partial charge on any atom is -0.305 e. The van der Waals surface area contributed by atoms with Crippen LogP contribution in [0.4, 0.5) is 10.5 Å². The Balaban J connectivity index is 2.11. The number of carbonyl (C=O) groups excluding carboxylic acids is 1. The van der Waals surface area contributed by atoms with Gasteiger partial charge in [0.05, 0.1) is 17.6 Å². The number of urea groups is 1. The van der Waals surface area contributed by atoms with Crippen LogP contribution in [0.1, 0.15) is 11.4 Å². The fraction of sp³-hybridized carbons (Fsp3) is 0.167. The molecule has 2 N–H and O–H groups in total. The Morgan fingerprint density at radius 3 is 2.80 bits per heavy atom. The Kier molecular flexibility index (Phi) is 4.04. The van der Waals surface area contributed by atoms with E-state index in [-0.39, 0.29) is 5.96 Å². The Labute approximate surface area is 121 Å². The third-order valence-electron chi connectivity index (χ3n) is 2.52. The highest BCUT2D eigenvalue weighted by molar-refractivity contribution is 7.79. The molecule has 0 aliphatic rings. The summed E-state index contributed by atoms with van der Waals surface area (Å²) in [5.41, 5.74) is 2.04. The predicted octanol–water partition coefficient (Wildman–Crippen LogP) is 2.06.